The van der Waals surface area contributed by atoms with Crippen LogP contribution in [0.1, 0.15) is 54.9 Å². The third-order valence-corrected chi connectivity index (χ3v) is 8.83. The summed E-state index contributed by atoms with van der Waals surface area (Å²) in [6, 6.07) is 10.7. The van der Waals surface area contributed by atoms with E-state index in [9.17, 15) is 13.2 Å². The zero-order valence-corrected chi connectivity index (χ0v) is 18.9. The third-order valence-electron chi connectivity index (χ3n) is 5.65. The molecule has 1 aromatic heterocycles. The van der Waals surface area contributed by atoms with Gasteiger partial charge in [-0.3, -0.25) is 9.69 Å². The molecule has 158 valence electrons. The molecule has 2 heterocycles. The van der Waals surface area contributed by atoms with Crippen molar-refractivity contribution < 1.29 is 13.2 Å². The van der Waals surface area contributed by atoms with Gasteiger partial charge in [-0.2, -0.15) is 0 Å². The van der Waals surface area contributed by atoms with Crippen LogP contribution in [0.2, 0.25) is 0 Å². The molecule has 0 saturated carbocycles. The number of nitrogens with zero attached hydrogens (tertiary/aromatic N) is 1. The molecule has 1 aliphatic heterocycles. The molecule has 29 heavy (non-hydrogen) atoms. The molecule has 1 unspecified atom stereocenters. The summed E-state index contributed by atoms with van der Waals surface area (Å²) in [5.74, 6) is 0.398. The van der Waals surface area contributed by atoms with Crippen molar-refractivity contribution >= 4 is 27.1 Å². The van der Waals surface area contributed by atoms with Gasteiger partial charge in [-0.05, 0) is 69.3 Å². The summed E-state index contributed by atoms with van der Waals surface area (Å²) >= 11 is 1.70. The Balaban J connectivity index is 1.78. The van der Waals surface area contributed by atoms with Crippen LogP contribution in [0.25, 0.3) is 0 Å². The van der Waals surface area contributed by atoms with E-state index in [1.54, 1.807) is 43.4 Å². The predicted molar refractivity (Wildman–Crippen MR) is 118 cm³/mol. The zero-order valence-electron chi connectivity index (χ0n) is 17.3. The fourth-order valence-electron chi connectivity index (χ4n) is 3.67. The quantitative estimate of drug-likeness (QED) is 0.711. The number of carbonyl (C=O) groups excluding carboxylic acids is 1. The molecule has 1 N–H and O–H groups in total. The summed E-state index contributed by atoms with van der Waals surface area (Å²) in [5.41, 5.74) is 0.221. The maximum absolute atomic E-state index is 13.0. The van der Waals surface area contributed by atoms with Gasteiger partial charge in [0.25, 0.3) is 5.91 Å². The van der Waals surface area contributed by atoms with Crippen molar-refractivity contribution in [3.05, 3.63) is 52.2 Å². The Morgan fingerprint density at radius 3 is 2.48 bits per heavy atom. The molecule has 1 aromatic carbocycles. The number of hydrogen-bond donors (Lipinski definition) is 1. The average molecular weight is 435 g/mol. The molecular weight excluding hydrogens is 404 g/mol. The van der Waals surface area contributed by atoms with E-state index >= 15 is 0 Å². The van der Waals surface area contributed by atoms with Gasteiger partial charge in [0.05, 0.1) is 21.8 Å². The zero-order chi connectivity index (χ0) is 21.0. The molecule has 1 aliphatic rings. The Hall–Kier alpha value is -1.70. The fraction of sp³-hybridized carbons (Fsp3) is 0.500. The van der Waals surface area contributed by atoms with Gasteiger partial charge in [0.1, 0.15) is 0 Å². The number of amides is 1. The van der Waals surface area contributed by atoms with E-state index < -0.39 is 15.1 Å². The van der Waals surface area contributed by atoms with Crippen molar-refractivity contribution in [2.75, 3.05) is 19.6 Å². The Kier molecular flexibility index (Phi) is 7.14. The van der Waals surface area contributed by atoms with Gasteiger partial charge >= 0.3 is 0 Å². The largest absolute Gasteiger partial charge is 0.350 e. The number of nitrogens with one attached hydrogen (secondary N) is 1. The van der Waals surface area contributed by atoms with Gasteiger partial charge in [0.2, 0.25) is 0 Å². The van der Waals surface area contributed by atoms with E-state index in [-0.39, 0.29) is 22.4 Å². The van der Waals surface area contributed by atoms with Crippen molar-refractivity contribution in [2.24, 2.45) is 5.92 Å². The Bertz CT molecular complexity index is 915. The first kappa shape index (κ1) is 22.0. The van der Waals surface area contributed by atoms with Crippen LogP contribution in [-0.4, -0.2) is 44.1 Å². The lowest BCUT2D eigenvalue weighted by atomic mass is 9.97. The van der Waals surface area contributed by atoms with Crippen LogP contribution >= 0.6 is 11.3 Å². The van der Waals surface area contributed by atoms with Gasteiger partial charge in [0.15, 0.2) is 9.84 Å². The molecule has 5 nitrogen and oxygen atoms in total. The molecule has 1 fully saturated rings. The Morgan fingerprint density at radius 2 is 1.86 bits per heavy atom. The first-order chi connectivity index (χ1) is 13.8. The number of sulfone groups is 1. The molecule has 0 aliphatic carbocycles. The number of rotatable bonds is 7. The minimum absolute atomic E-state index is 0.104. The molecule has 0 radical (unpaired) electrons. The highest BCUT2D eigenvalue weighted by atomic mass is 32.2. The summed E-state index contributed by atoms with van der Waals surface area (Å²) in [5, 5.41) is 4.49. The molecule has 3 rings (SSSR count). The minimum Gasteiger partial charge on any atom is -0.350 e. The van der Waals surface area contributed by atoms with Crippen LogP contribution in [0, 0.1) is 5.92 Å². The summed E-state index contributed by atoms with van der Waals surface area (Å²) < 4.78 is 25.3. The molecule has 1 saturated heterocycles. The predicted octanol–water partition coefficient (Wildman–Crippen LogP) is 4.13. The van der Waals surface area contributed by atoms with Crippen LogP contribution in [0.15, 0.2) is 46.7 Å². The number of likely N-dealkylation sites (tertiary alicyclic amines) is 1. The maximum atomic E-state index is 13.0. The number of benzene rings is 1. The number of hydrogen-bond acceptors (Lipinski definition) is 5. The first-order valence-electron chi connectivity index (χ1n) is 10.2. The lowest BCUT2D eigenvalue weighted by molar-refractivity contribution is 0.0911. The molecular formula is C22H30N2O3S2. The monoisotopic (exact) mass is 434 g/mol. The Morgan fingerprint density at radius 1 is 1.17 bits per heavy atom. The lowest BCUT2D eigenvalue weighted by Gasteiger charge is -2.36. The highest BCUT2D eigenvalue weighted by Crippen LogP contribution is 2.29. The van der Waals surface area contributed by atoms with Crippen LogP contribution in [-0.2, 0) is 9.84 Å². The SMILES string of the molecule is CC1CCN(C(CNC(=O)c2ccccc2S(=O)(=O)C(C)C)c2cccs2)CC1. The van der Waals surface area contributed by atoms with Crippen molar-refractivity contribution in [1.29, 1.82) is 0 Å². The van der Waals surface area contributed by atoms with Gasteiger partial charge in [-0.15, -0.1) is 11.3 Å². The summed E-state index contributed by atoms with van der Waals surface area (Å²) in [7, 11) is -3.53. The minimum atomic E-state index is -3.53. The summed E-state index contributed by atoms with van der Waals surface area (Å²) in [6.07, 6.45) is 2.32. The van der Waals surface area contributed by atoms with Crippen LogP contribution < -0.4 is 5.32 Å². The van der Waals surface area contributed by atoms with Crippen LogP contribution in [0.5, 0.6) is 0 Å². The summed E-state index contributed by atoms with van der Waals surface area (Å²) in [6.45, 7) is 8.04. The number of thiophene rings is 1. The van der Waals surface area contributed by atoms with E-state index in [0.717, 1.165) is 31.8 Å². The standard InChI is InChI=1S/C22H30N2O3S2/c1-16(2)29(26,27)21-9-5-4-7-18(21)22(25)23-15-19(20-8-6-14-28-20)24-12-10-17(3)11-13-24/h4-9,14,16-17,19H,10-13,15H2,1-3H3,(H,23,25). The van der Waals surface area contributed by atoms with Crippen LogP contribution in [0.3, 0.4) is 0 Å². The number of piperidine rings is 1. The molecule has 1 amide bonds. The first-order valence-corrected chi connectivity index (χ1v) is 12.6. The molecule has 0 bridgehead atoms. The van der Waals surface area contributed by atoms with Crippen molar-refractivity contribution in [1.82, 2.24) is 10.2 Å². The normalized spacial score (nSPS) is 17.4. The summed E-state index contributed by atoms with van der Waals surface area (Å²) in [4.78, 5) is 16.7. The topological polar surface area (TPSA) is 66.5 Å². The highest BCUT2D eigenvalue weighted by Gasteiger charge is 2.28. The highest BCUT2D eigenvalue weighted by molar-refractivity contribution is 7.92. The molecule has 0 spiro atoms. The second-order valence-corrected chi connectivity index (χ2v) is 11.5. The second kappa shape index (κ2) is 9.41. The van der Waals surface area contributed by atoms with Gasteiger partial charge in [-0.25, -0.2) is 8.42 Å². The van der Waals surface area contributed by atoms with E-state index in [0.29, 0.717) is 6.54 Å². The van der Waals surface area contributed by atoms with Crippen LogP contribution in [0.4, 0.5) is 0 Å². The van der Waals surface area contributed by atoms with Gasteiger partial charge in [0, 0.05) is 11.4 Å². The van der Waals surface area contributed by atoms with Gasteiger partial charge in [-0.1, -0.05) is 25.1 Å². The van der Waals surface area contributed by atoms with E-state index in [2.05, 4.69) is 28.6 Å². The fourth-order valence-corrected chi connectivity index (χ4v) is 5.78. The maximum Gasteiger partial charge on any atom is 0.252 e. The second-order valence-electron chi connectivity index (χ2n) is 8.05. The average Bonchev–Trinajstić information content (AvgIpc) is 3.23. The lowest BCUT2D eigenvalue weighted by Crippen LogP contribution is -2.41. The molecule has 2 aromatic rings. The van der Waals surface area contributed by atoms with Gasteiger partial charge < -0.3 is 5.32 Å². The smallest absolute Gasteiger partial charge is 0.252 e. The van der Waals surface area contributed by atoms with E-state index in [1.807, 2.05) is 6.07 Å². The molecule has 1 atom stereocenters. The Labute approximate surface area is 178 Å². The van der Waals surface area contributed by atoms with Crippen molar-refractivity contribution in [3.63, 3.8) is 0 Å². The molecule has 7 heteroatoms. The van der Waals surface area contributed by atoms with Crippen molar-refractivity contribution in [3.8, 4) is 0 Å². The van der Waals surface area contributed by atoms with E-state index in [1.165, 1.54) is 10.9 Å². The third kappa shape index (κ3) is 5.08. The number of carbonyl (C=O) groups is 1. The van der Waals surface area contributed by atoms with Crippen molar-refractivity contribution in [2.45, 2.75) is 49.8 Å². The van der Waals surface area contributed by atoms with E-state index in [4.69, 9.17) is 0 Å².